The van der Waals surface area contributed by atoms with Crippen molar-refractivity contribution in [2.45, 2.75) is 6.92 Å². The second-order valence-electron chi connectivity index (χ2n) is 5.07. The molecule has 0 aliphatic carbocycles. The molecule has 0 saturated carbocycles. The molecule has 3 nitrogen and oxygen atoms in total. The first-order valence-corrected chi connectivity index (χ1v) is 7.16. The first-order valence-electron chi connectivity index (χ1n) is 7.16. The van der Waals surface area contributed by atoms with Crippen LogP contribution in [0.4, 0.5) is 5.69 Å². The Kier molecular flexibility index (Phi) is 3.97. The van der Waals surface area contributed by atoms with Crippen LogP contribution in [0.15, 0.2) is 72.9 Å². The van der Waals surface area contributed by atoms with E-state index in [0.29, 0.717) is 0 Å². The highest BCUT2D eigenvalue weighted by Crippen LogP contribution is 2.19. The van der Waals surface area contributed by atoms with Gasteiger partial charge < -0.3 is 5.73 Å². The molecule has 2 N–H and O–H groups in total. The molecule has 0 radical (unpaired) electrons. The molecule has 0 bridgehead atoms. The van der Waals surface area contributed by atoms with Gasteiger partial charge in [-0.3, -0.25) is 9.97 Å². The summed E-state index contributed by atoms with van der Waals surface area (Å²) in [6, 6.07) is 21.9. The Balaban J connectivity index is 0.000000133. The molecule has 0 aliphatic heterocycles. The van der Waals surface area contributed by atoms with Crippen molar-refractivity contribution in [1.29, 1.82) is 0 Å². The van der Waals surface area contributed by atoms with Crippen LogP contribution >= 0.6 is 0 Å². The average molecular weight is 287 g/mol. The Morgan fingerprint density at radius 1 is 0.818 bits per heavy atom. The van der Waals surface area contributed by atoms with Crippen molar-refractivity contribution >= 4 is 27.5 Å². The van der Waals surface area contributed by atoms with E-state index in [-0.39, 0.29) is 0 Å². The minimum Gasteiger partial charge on any atom is -0.398 e. The Hall–Kier alpha value is -2.94. The first kappa shape index (κ1) is 14.0. The van der Waals surface area contributed by atoms with E-state index < -0.39 is 0 Å². The van der Waals surface area contributed by atoms with Crippen molar-refractivity contribution in [3.8, 4) is 0 Å². The fraction of sp³-hybridized carbons (Fsp3) is 0.0526. The van der Waals surface area contributed by atoms with Gasteiger partial charge in [-0.2, -0.15) is 0 Å². The molecular formula is C19H17N3. The monoisotopic (exact) mass is 287 g/mol. The van der Waals surface area contributed by atoms with E-state index in [4.69, 9.17) is 5.73 Å². The standard InChI is InChI=1S/C10H10N2.C9H7N/c1-7-6-9(11)8-4-2-3-5-10(8)12-7;1-2-6-9-8(4-1)5-3-7-10-9/h2-6H,1H3,(H2,11,12);1-7H. The van der Waals surface area contributed by atoms with Gasteiger partial charge in [0.2, 0.25) is 0 Å². The fourth-order valence-corrected chi connectivity index (χ4v) is 2.36. The molecule has 0 aliphatic rings. The fourth-order valence-electron chi connectivity index (χ4n) is 2.36. The van der Waals surface area contributed by atoms with E-state index in [0.717, 1.165) is 27.8 Å². The van der Waals surface area contributed by atoms with Crippen molar-refractivity contribution in [2.24, 2.45) is 0 Å². The number of hydrogen-bond acceptors (Lipinski definition) is 3. The summed E-state index contributed by atoms with van der Waals surface area (Å²) in [5, 5.41) is 2.23. The molecule has 4 aromatic rings. The minimum absolute atomic E-state index is 0.804. The van der Waals surface area contributed by atoms with Crippen molar-refractivity contribution in [1.82, 2.24) is 9.97 Å². The number of benzene rings is 2. The van der Waals surface area contributed by atoms with Gasteiger partial charge in [0.25, 0.3) is 0 Å². The van der Waals surface area contributed by atoms with Crippen LogP contribution in [0.3, 0.4) is 0 Å². The van der Waals surface area contributed by atoms with Crippen LogP contribution in [-0.4, -0.2) is 9.97 Å². The minimum atomic E-state index is 0.804. The second kappa shape index (κ2) is 6.22. The third kappa shape index (κ3) is 3.04. The van der Waals surface area contributed by atoms with Gasteiger partial charge in [-0.05, 0) is 31.2 Å². The lowest BCUT2D eigenvalue weighted by molar-refractivity contribution is 1.26. The number of anilines is 1. The van der Waals surface area contributed by atoms with Crippen LogP contribution in [0.25, 0.3) is 21.8 Å². The van der Waals surface area contributed by atoms with Crippen molar-refractivity contribution in [3.63, 3.8) is 0 Å². The summed E-state index contributed by atoms with van der Waals surface area (Å²) in [7, 11) is 0. The molecule has 4 rings (SSSR count). The number of nitrogen functional groups attached to an aromatic ring is 1. The summed E-state index contributed by atoms with van der Waals surface area (Å²) in [5.74, 6) is 0. The van der Waals surface area contributed by atoms with E-state index in [1.165, 1.54) is 5.39 Å². The summed E-state index contributed by atoms with van der Waals surface area (Å²) in [5.41, 5.74) is 9.61. The van der Waals surface area contributed by atoms with Crippen LogP contribution in [-0.2, 0) is 0 Å². The Bertz CT molecular complexity index is 851. The highest BCUT2D eigenvalue weighted by molar-refractivity contribution is 5.90. The molecule has 22 heavy (non-hydrogen) atoms. The molecule has 2 aromatic heterocycles. The lowest BCUT2D eigenvalue weighted by atomic mass is 10.2. The number of fused-ring (bicyclic) bond motifs is 2. The molecule has 0 unspecified atom stereocenters. The zero-order chi connectivity index (χ0) is 15.4. The van der Waals surface area contributed by atoms with E-state index >= 15 is 0 Å². The SMILES string of the molecule is Cc1cc(N)c2ccccc2n1.c1ccc2ncccc2c1. The maximum absolute atomic E-state index is 5.82. The van der Waals surface area contributed by atoms with Crippen molar-refractivity contribution in [2.75, 3.05) is 5.73 Å². The van der Waals surface area contributed by atoms with E-state index in [1.54, 1.807) is 0 Å². The van der Waals surface area contributed by atoms with Crippen LogP contribution in [0.5, 0.6) is 0 Å². The summed E-state index contributed by atoms with van der Waals surface area (Å²) >= 11 is 0. The predicted octanol–water partition coefficient (Wildman–Crippen LogP) is 4.36. The summed E-state index contributed by atoms with van der Waals surface area (Å²) < 4.78 is 0. The summed E-state index contributed by atoms with van der Waals surface area (Å²) in [6.45, 7) is 1.95. The largest absolute Gasteiger partial charge is 0.398 e. The van der Waals surface area contributed by atoms with Gasteiger partial charge in [-0.25, -0.2) is 0 Å². The molecule has 2 aromatic carbocycles. The van der Waals surface area contributed by atoms with Gasteiger partial charge in [-0.15, -0.1) is 0 Å². The van der Waals surface area contributed by atoms with Gasteiger partial charge in [-0.1, -0.05) is 42.5 Å². The van der Waals surface area contributed by atoms with Crippen LogP contribution < -0.4 is 5.73 Å². The van der Waals surface area contributed by atoms with E-state index in [2.05, 4.69) is 22.1 Å². The molecule has 0 spiro atoms. The molecule has 2 heterocycles. The lowest BCUT2D eigenvalue weighted by Crippen LogP contribution is -1.91. The maximum atomic E-state index is 5.82. The third-order valence-electron chi connectivity index (χ3n) is 3.39. The van der Waals surface area contributed by atoms with Crippen molar-refractivity contribution in [3.05, 3.63) is 78.6 Å². The molecule has 0 amide bonds. The van der Waals surface area contributed by atoms with Gasteiger partial charge in [0.15, 0.2) is 0 Å². The van der Waals surface area contributed by atoms with Crippen LogP contribution in [0.1, 0.15) is 5.69 Å². The van der Waals surface area contributed by atoms with Crippen LogP contribution in [0.2, 0.25) is 0 Å². The smallest absolute Gasteiger partial charge is 0.0725 e. The number of aryl methyl sites for hydroxylation is 1. The average Bonchev–Trinajstić information content (AvgIpc) is 2.55. The third-order valence-corrected chi connectivity index (χ3v) is 3.39. The second-order valence-corrected chi connectivity index (χ2v) is 5.07. The molecule has 0 fully saturated rings. The topological polar surface area (TPSA) is 51.8 Å². The Labute approximate surface area is 129 Å². The maximum Gasteiger partial charge on any atom is 0.0725 e. The van der Waals surface area contributed by atoms with Crippen LogP contribution in [0, 0.1) is 6.92 Å². The lowest BCUT2D eigenvalue weighted by Gasteiger charge is -2.01. The summed E-state index contributed by atoms with van der Waals surface area (Å²) in [4.78, 5) is 8.54. The zero-order valence-electron chi connectivity index (χ0n) is 12.4. The number of hydrogen-bond donors (Lipinski definition) is 1. The number of rotatable bonds is 0. The highest BCUT2D eigenvalue weighted by atomic mass is 14.7. The number of nitrogens with two attached hydrogens (primary N) is 1. The zero-order valence-corrected chi connectivity index (χ0v) is 12.4. The number of para-hydroxylation sites is 2. The summed E-state index contributed by atoms with van der Waals surface area (Å²) in [6.07, 6.45) is 1.81. The van der Waals surface area contributed by atoms with E-state index in [1.807, 2.05) is 67.7 Å². The van der Waals surface area contributed by atoms with Gasteiger partial charge in [0.05, 0.1) is 11.0 Å². The Morgan fingerprint density at radius 2 is 1.50 bits per heavy atom. The van der Waals surface area contributed by atoms with Gasteiger partial charge >= 0.3 is 0 Å². The first-order chi connectivity index (χ1) is 10.7. The normalized spacial score (nSPS) is 10.2. The Morgan fingerprint density at radius 3 is 2.32 bits per heavy atom. The van der Waals surface area contributed by atoms with Gasteiger partial charge in [0.1, 0.15) is 0 Å². The predicted molar refractivity (Wildman–Crippen MR) is 92.6 cm³/mol. The quantitative estimate of drug-likeness (QED) is 0.523. The highest BCUT2D eigenvalue weighted by Gasteiger charge is 1.98. The van der Waals surface area contributed by atoms with Crippen molar-refractivity contribution < 1.29 is 0 Å². The number of pyridine rings is 2. The molecular weight excluding hydrogens is 270 g/mol. The molecule has 0 atom stereocenters. The number of aromatic nitrogens is 2. The van der Waals surface area contributed by atoms with E-state index in [9.17, 15) is 0 Å². The van der Waals surface area contributed by atoms with Gasteiger partial charge in [0, 0.05) is 28.4 Å². The molecule has 108 valence electrons. The number of nitrogens with zero attached hydrogens (tertiary/aromatic N) is 2. The molecule has 3 heteroatoms. The molecule has 0 saturated heterocycles.